The Hall–Kier alpha value is -1.76. The second-order valence-electron chi connectivity index (χ2n) is 4.49. The molecule has 1 fully saturated rings. The molecule has 1 aliphatic carbocycles. The predicted octanol–water partition coefficient (Wildman–Crippen LogP) is -0.704. The summed E-state index contributed by atoms with van der Waals surface area (Å²) in [7, 11) is 1.71. The average Bonchev–Trinajstić information content (AvgIpc) is 3.08. The van der Waals surface area contributed by atoms with Gasteiger partial charge in [-0.2, -0.15) is 5.10 Å². The third-order valence-electron chi connectivity index (χ3n) is 3.15. The first kappa shape index (κ1) is 10.4. The van der Waals surface area contributed by atoms with Crippen molar-refractivity contribution in [1.29, 1.82) is 0 Å². The van der Waals surface area contributed by atoms with Gasteiger partial charge in [0.25, 0.3) is 5.56 Å². The molecule has 3 rings (SSSR count). The summed E-state index contributed by atoms with van der Waals surface area (Å²) in [6, 6.07) is 0. The molecule has 0 aromatic carbocycles. The van der Waals surface area contributed by atoms with E-state index in [1.165, 1.54) is 15.6 Å². The highest BCUT2D eigenvalue weighted by Gasteiger charge is 2.30. The van der Waals surface area contributed by atoms with E-state index < -0.39 is 6.10 Å². The van der Waals surface area contributed by atoms with Gasteiger partial charge < -0.3 is 5.11 Å². The van der Waals surface area contributed by atoms with E-state index in [1.807, 2.05) is 0 Å². The Morgan fingerprint density at radius 3 is 3.06 bits per heavy atom. The number of hydrogen-bond acceptors (Lipinski definition) is 5. The lowest BCUT2D eigenvalue weighted by Crippen LogP contribution is -2.30. The molecule has 1 aliphatic rings. The Kier molecular flexibility index (Phi) is 2.22. The van der Waals surface area contributed by atoms with Gasteiger partial charge in [0.1, 0.15) is 5.39 Å². The summed E-state index contributed by atoms with van der Waals surface area (Å²) in [4.78, 5) is 12.0. The van der Waals surface area contributed by atoms with Crippen molar-refractivity contribution in [3.63, 3.8) is 0 Å². The fourth-order valence-electron chi connectivity index (χ4n) is 1.90. The van der Waals surface area contributed by atoms with Gasteiger partial charge in [0.2, 0.25) is 0 Å². The molecule has 0 radical (unpaired) electrons. The van der Waals surface area contributed by atoms with E-state index >= 15 is 0 Å². The first-order valence-electron chi connectivity index (χ1n) is 5.60. The molecule has 0 spiro atoms. The maximum atomic E-state index is 12.0. The van der Waals surface area contributed by atoms with Crippen LogP contribution in [0.2, 0.25) is 0 Å². The second-order valence-corrected chi connectivity index (χ2v) is 4.49. The molecule has 1 saturated carbocycles. The Balaban J connectivity index is 1.99. The van der Waals surface area contributed by atoms with Gasteiger partial charge in [-0.15, -0.1) is 5.10 Å². The van der Waals surface area contributed by atoms with E-state index in [9.17, 15) is 9.90 Å². The van der Waals surface area contributed by atoms with Crippen LogP contribution in [0.5, 0.6) is 0 Å². The zero-order valence-corrected chi connectivity index (χ0v) is 9.44. The summed E-state index contributed by atoms with van der Waals surface area (Å²) < 4.78 is 2.72. The summed E-state index contributed by atoms with van der Waals surface area (Å²) in [6.07, 6.45) is 3.03. The molecule has 1 atom stereocenters. The van der Waals surface area contributed by atoms with Crippen LogP contribution < -0.4 is 5.56 Å². The van der Waals surface area contributed by atoms with Gasteiger partial charge in [0.05, 0.1) is 18.8 Å². The molecule has 17 heavy (non-hydrogen) atoms. The monoisotopic (exact) mass is 235 g/mol. The highest BCUT2D eigenvalue weighted by molar-refractivity contribution is 5.72. The number of aryl methyl sites for hydroxylation is 1. The van der Waals surface area contributed by atoms with Gasteiger partial charge >= 0.3 is 0 Å². The van der Waals surface area contributed by atoms with Gasteiger partial charge in [0, 0.05) is 7.05 Å². The summed E-state index contributed by atoms with van der Waals surface area (Å²) in [6.45, 7) is 0.210. The molecule has 1 N–H and O–H groups in total. The van der Waals surface area contributed by atoms with E-state index in [2.05, 4.69) is 15.4 Å². The molecule has 0 bridgehead atoms. The largest absolute Gasteiger partial charge is 0.391 e. The number of aromatic nitrogens is 5. The second kappa shape index (κ2) is 3.63. The number of aliphatic hydroxyl groups excluding tert-OH is 1. The van der Waals surface area contributed by atoms with Gasteiger partial charge in [0.15, 0.2) is 5.65 Å². The summed E-state index contributed by atoms with van der Waals surface area (Å²) in [5.41, 5.74) is 0.218. The van der Waals surface area contributed by atoms with Crippen LogP contribution in [0.25, 0.3) is 11.0 Å². The van der Waals surface area contributed by atoms with Gasteiger partial charge in [-0.25, -0.2) is 9.36 Å². The van der Waals surface area contributed by atoms with Crippen molar-refractivity contribution in [3.05, 3.63) is 16.6 Å². The maximum Gasteiger partial charge on any atom is 0.280 e. The van der Waals surface area contributed by atoms with Gasteiger partial charge in [-0.05, 0) is 18.8 Å². The van der Waals surface area contributed by atoms with E-state index in [0.29, 0.717) is 17.0 Å². The van der Waals surface area contributed by atoms with Crippen LogP contribution >= 0.6 is 0 Å². The lowest BCUT2D eigenvalue weighted by molar-refractivity contribution is 0.124. The predicted molar refractivity (Wildman–Crippen MR) is 59.3 cm³/mol. The zero-order valence-electron chi connectivity index (χ0n) is 9.44. The Morgan fingerprint density at radius 1 is 1.59 bits per heavy atom. The highest BCUT2D eigenvalue weighted by Crippen LogP contribution is 2.32. The number of fused-ring (bicyclic) bond motifs is 1. The van der Waals surface area contributed by atoms with Crippen LogP contribution in [-0.4, -0.2) is 36.0 Å². The minimum absolute atomic E-state index is 0.210. The van der Waals surface area contributed by atoms with Crippen molar-refractivity contribution in [2.45, 2.75) is 25.5 Å². The topological polar surface area (TPSA) is 85.8 Å². The minimum atomic E-state index is -0.504. The molecule has 0 amide bonds. The number of nitrogens with zero attached hydrogens (tertiary/aromatic N) is 5. The first-order valence-corrected chi connectivity index (χ1v) is 5.60. The minimum Gasteiger partial charge on any atom is -0.391 e. The van der Waals surface area contributed by atoms with Crippen LogP contribution in [-0.2, 0) is 13.6 Å². The molecular weight excluding hydrogens is 222 g/mol. The molecule has 7 heteroatoms. The van der Waals surface area contributed by atoms with E-state index in [1.54, 1.807) is 7.05 Å². The van der Waals surface area contributed by atoms with Crippen molar-refractivity contribution in [2.24, 2.45) is 13.0 Å². The van der Waals surface area contributed by atoms with Crippen LogP contribution in [0.15, 0.2) is 11.0 Å². The van der Waals surface area contributed by atoms with E-state index in [0.717, 1.165) is 12.8 Å². The van der Waals surface area contributed by atoms with Crippen molar-refractivity contribution in [1.82, 2.24) is 24.8 Å². The molecule has 2 aromatic heterocycles. The summed E-state index contributed by atoms with van der Waals surface area (Å²) >= 11 is 0. The van der Waals surface area contributed by atoms with Crippen molar-refractivity contribution < 1.29 is 5.11 Å². The molecule has 0 aliphatic heterocycles. The Bertz CT molecular complexity index is 613. The molecule has 1 unspecified atom stereocenters. The van der Waals surface area contributed by atoms with Crippen molar-refractivity contribution in [3.8, 4) is 0 Å². The van der Waals surface area contributed by atoms with Crippen molar-refractivity contribution >= 4 is 11.0 Å². The number of hydrogen-bond donors (Lipinski definition) is 1. The SMILES string of the molecule is Cn1ncc2c(=O)n(CC(O)C3CC3)nnc21. The van der Waals surface area contributed by atoms with Crippen LogP contribution in [0.1, 0.15) is 12.8 Å². The molecule has 2 heterocycles. The molecular formula is C10H13N5O2. The Morgan fingerprint density at radius 2 is 2.35 bits per heavy atom. The normalized spacial score (nSPS) is 17.5. The van der Waals surface area contributed by atoms with Crippen LogP contribution in [0, 0.1) is 5.92 Å². The fourth-order valence-corrected chi connectivity index (χ4v) is 1.90. The van der Waals surface area contributed by atoms with Gasteiger partial charge in [-0.1, -0.05) is 5.21 Å². The third-order valence-corrected chi connectivity index (χ3v) is 3.15. The quantitative estimate of drug-likeness (QED) is 0.760. The molecule has 0 saturated heterocycles. The Labute approximate surface area is 96.7 Å². The third kappa shape index (κ3) is 1.72. The van der Waals surface area contributed by atoms with Crippen LogP contribution in [0.3, 0.4) is 0 Å². The number of rotatable bonds is 3. The zero-order chi connectivity index (χ0) is 12.0. The molecule has 90 valence electrons. The average molecular weight is 235 g/mol. The summed E-state index contributed by atoms with van der Waals surface area (Å²) in [5, 5.41) is 22.0. The maximum absolute atomic E-state index is 12.0. The van der Waals surface area contributed by atoms with Gasteiger partial charge in [-0.3, -0.25) is 4.79 Å². The molecule has 7 nitrogen and oxygen atoms in total. The first-order chi connectivity index (χ1) is 8.16. The van der Waals surface area contributed by atoms with E-state index in [-0.39, 0.29) is 12.1 Å². The number of aliphatic hydroxyl groups is 1. The summed E-state index contributed by atoms with van der Waals surface area (Å²) in [5.74, 6) is 0.313. The van der Waals surface area contributed by atoms with Crippen LogP contribution in [0.4, 0.5) is 0 Å². The fraction of sp³-hybridized carbons (Fsp3) is 0.600. The lowest BCUT2D eigenvalue weighted by atomic mass is 10.2. The molecule has 2 aromatic rings. The standard InChI is InChI=1S/C10H13N5O2/c1-14-9-7(4-11-14)10(17)15(13-12-9)5-8(16)6-2-3-6/h4,6,8,16H,2-3,5H2,1H3. The lowest BCUT2D eigenvalue weighted by Gasteiger charge is -2.09. The van der Waals surface area contributed by atoms with E-state index in [4.69, 9.17) is 0 Å². The van der Waals surface area contributed by atoms with Crippen molar-refractivity contribution in [2.75, 3.05) is 0 Å². The smallest absolute Gasteiger partial charge is 0.280 e. The highest BCUT2D eigenvalue weighted by atomic mass is 16.3.